The van der Waals surface area contributed by atoms with Gasteiger partial charge in [-0.1, -0.05) is 60.7 Å². The van der Waals surface area contributed by atoms with Gasteiger partial charge in [0.25, 0.3) is 0 Å². The van der Waals surface area contributed by atoms with Crippen LogP contribution in [-0.4, -0.2) is 53.9 Å². The number of amides is 1. The lowest BCUT2D eigenvalue weighted by atomic mass is 9.89. The first-order chi connectivity index (χ1) is 16.3. The fourth-order valence-corrected chi connectivity index (χ4v) is 4.44. The van der Waals surface area contributed by atoms with Gasteiger partial charge < -0.3 is 29.4 Å². The number of benzene rings is 2. The Bertz CT molecular complexity index is 966. The topological polar surface area (TPSA) is 103 Å². The van der Waals surface area contributed by atoms with Gasteiger partial charge >= 0.3 is 6.09 Å². The number of nitrogens with one attached hydrogen (secondary N) is 1. The second kappa shape index (κ2) is 10.7. The Labute approximate surface area is 199 Å². The van der Waals surface area contributed by atoms with E-state index in [-0.39, 0.29) is 25.4 Å². The molecule has 8 heteroatoms. The first-order valence-corrected chi connectivity index (χ1v) is 11.5. The molecule has 0 saturated carbocycles. The summed E-state index contributed by atoms with van der Waals surface area (Å²) in [6.45, 7) is 3.41. The van der Waals surface area contributed by atoms with Crippen LogP contribution in [0.15, 0.2) is 60.7 Å². The van der Waals surface area contributed by atoms with Gasteiger partial charge in [0.15, 0.2) is 17.9 Å². The van der Waals surface area contributed by atoms with Crippen molar-refractivity contribution in [2.24, 2.45) is 5.92 Å². The van der Waals surface area contributed by atoms with Crippen molar-refractivity contribution in [1.82, 2.24) is 5.32 Å². The quantitative estimate of drug-likeness (QED) is 0.582. The number of carbonyl (C=O) groups is 2. The number of hydrogen-bond donors (Lipinski definition) is 2. The first-order valence-electron chi connectivity index (χ1n) is 11.5. The van der Waals surface area contributed by atoms with Crippen molar-refractivity contribution >= 4 is 11.9 Å². The van der Waals surface area contributed by atoms with Crippen LogP contribution in [0.5, 0.6) is 0 Å². The van der Waals surface area contributed by atoms with Crippen LogP contribution in [0.1, 0.15) is 31.4 Å². The number of alkyl carbamates (subject to hydrolysis) is 1. The molecule has 2 aliphatic rings. The van der Waals surface area contributed by atoms with Crippen LogP contribution in [0, 0.1) is 5.92 Å². The number of fused-ring (bicyclic) bond motifs is 1. The molecule has 2 saturated heterocycles. The molecule has 2 fully saturated rings. The zero-order valence-electron chi connectivity index (χ0n) is 19.4. The molecule has 34 heavy (non-hydrogen) atoms. The molecule has 2 aromatic carbocycles. The van der Waals surface area contributed by atoms with Crippen molar-refractivity contribution in [3.8, 4) is 0 Å². The molecule has 2 heterocycles. The Morgan fingerprint density at radius 3 is 2.32 bits per heavy atom. The molecule has 2 N–H and O–H groups in total. The molecule has 0 bridgehead atoms. The fraction of sp³-hybridized carbons (Fsp3) is 0.462. The van der Waals surface area contributed by atoms with Crippen molar-refractivity contribution in [2.75, 3.05) is 6.61 Å². The van der Waals surface area contributed by atoms with Gasteiger partial charge in [-0.15, -0.1) is 0 Å². The molecule has 2 aromatic rings. The van der Waals surface area contributed by atoms with Gasteiger partial charge in [-0.05, 0) is 31.4 Å². The molecule has 1 unspecified atom stereocenters. The zero-order chi connectivity index (χ0) is 24.1. The number of carbonyl (C=O) groups excluding carboxylic acids is 2. The highest BCUT2D eigenvalue weighted by molar-refractivity contribution is 5.88. The Balaban J connectivity index is 1.44. The third-order valence-electron chi connectivity index (χ3n) is 6.09. The maximum Gasteiger partial charge on any atom is 0.408 e. The molecule has 0 spiro atoms. The summed E-state index contributed by atoms with van der Waals surface area (Å²) >= 11 is 0. The summed E-state index contributed by atoms with van der Waals surface area (Å²) in [5, 5.41) is 12.5. The van der Waals surface area contributed by atoms with Gasteiger partial charge in [-0.3, -0.25) is 4.79 Å². The van der Waals surface area contributed by atoms with Gasteiger partial charge in [-0.25, -0.2) is 4.79 Å². The molecular formula is C26H31NO7. The summed E-state index contributed by atoms with van der Waals surface area (Å²) in [6, 6.07) is 18.0. The molecule has 8 nitrogen and oxygen atoms in total. The van der Waals surface area contributed by atoms with Crippen LogP contribution in [0.4, 0.5) is 4.79 Å². The van der Waals surface area contributed by atoms with Crippen LogP contribution < -0.4 is 5.32 Å². The Morgan fingerprint density at radius 1 is 1.03 bits per heavy atom. The average Bonchev–Trinajstić information content (AvgIpc) is 3.30. The van der Waals surface area contributed by atoms with E-state index in [1.807, 2.05) is 60.7 Å². The largest absolute Gasteiger partial charge is 0.445 e. The number of rotatable bonds is 9. The molecule has 5 atom stereocenters. The van der Waals surface area contributed by atoms with Crippen molar-refractivity contribution in [3.05, 3.63) is 71.8 Å². The number of Topliss-reactive ketones (excluding diaryl/α,β-unsaturated/α-hetero) is 1. The molecular weight excluding hydrogens is 438 g/mol. The summed E-state index contributed by atoms with van der Waals surface area (Å²) in [6.07, 6.45) is -1.99. The van der Waals surface area contributed by atoms with E-state index in [4.69, 9.17) is 18.9 Å². The number of aliphatic hydroxyl groups is 1. The number of hydrogen-bond acceptors (Lipinski definition) is 7. The van der Waals surface area contributed by atoms with Crippen molar-refractivity contribution < 1.29 is 33.6 Å². The van der Waals surface area contributed by atoms with Crippen LogP contribution in [0.25, 0.3) is 0 Å². The van der Waals surface area contributed by atoms with E-state index in [0.29, 0.717) is 6.42 Å². The van der Waals surface area contributed by atoms with Gasteiger partial charge in [0.2, 0.25) is 0 Å². The third-order valence-corrected chi connectivity index (χ3v) is 6.09. The smallest absolute Gasteiger partial charge is 0.408 e. The predicted octanol–water partition coefficient (Wildman–Crippen LogP) is 2.97. The molecule has 0 aliphatic carbocycles. The van der Waals surface area contributed by atoms with E-state index in [0.717, 1.165) is 11.1 Å². The minimum atomic E-state index is -0.833. The number of ketones is 1. The molecule has 182 valence electrons. The summed E-state index contributed by atoms with van der Waals surface area (Å²) in [5.74, 6) is -1.42. The monoisotopic (exact) mass is 469 g/mol. The summed E-state index contributed by atoms with van der Waals surface area (Å²) < 4.78 is 22.8. The summed E-state index contributed by atoms with van der Waals surface area (Å²) in [4.78, 5) is 26.0. The summed E-state index contributed by atoms with van der Waals surface area (Å²) in [5.41, 5.74) is 1.76. The van der Waals surface area contributed by atoms with E-state index in [1.165, 1.54) is 0 Å². The Kier molecular flexibility index (Phi) is 7.63. The normalized spacial score (nSPS) is 26.0. The van der Waals surface area contributed by atoms with E-state index in [9.17, 15) is 14.7 Å². The second-order valence-electron chi connectivity index (χ2n) is 9.11. The molecule has 0 radical (unpaired) electrons. The lowest BCUT2D eigenvalue weighted by molar-refractivity contribution is -0.213. The van der Waals surface area contributed by atoms with E-state index in [2.05, 4.69) is 5.32 Å². The minimum absolute atomic E-state index is 0.0578. The zero-order valence-corrected chi connectivity index (χ0v) is 19.4. The van der Waals surface area contributed by atoms with Gasteiger partial charge in [0, 0.05) is 12.3 Å². The predicted molar refractivity (Wildman–Crippen MR) is 123 cm³/mol. The lowest BCUT2D eigenvalue weighted by Crippen LogP contribution is -2.45. The first kappa shape index (κ1) is 24.3. The third kappa shape index (κ3) is 6.01. The highest BCUT2D eigenvalue weighted by Gasteiger charge is 2.55. The van der Waals surface area contributed by atoms with Gasteiger partial charge in [0.1, 0.15) is 12.7 Å². The molecule has 2 aliphatic heterocycles. The maximum absolute atomic E-state index is 13.4. The van der Waals surface area contributed by atoms with Crippen molar-refractivity contribution in [3.63, 3.8) is 0 Å². The highest BCUT2D eigenvalue weighted by atomic mass is 16.8. The number of aliphatic hydroxyl groups excluding tert-OH is 1. The van der Waals surface area contributed by atoms with Crippen LogP contribution >= 0.6 is 0 Å². The molecule has 1 amide bonds. The van der Waals surface area contributed by atoms with Crippen LogP contribution in [0.3, 0.4) is 0 Å². The van der Waals surface area contributed by atoms with Gasteiger partial charge in [0.05, 0.1) is 18.8 Å². The Hall–Kier alpha value is -2.78. The van der Waals surface area contributed by atoms with Crippen molar-refractivity contribution in [1.29, 1.82) is 0 Å². The fourth-order valence-electron chi connectivity index (χ4n) is 4.44. The second-order valence-corrected chi connectivity index (χ2v) is 9.11. The number of ether oxygens (including phenoxy) is 4. The van der Waals surface area contributed by atoms with E-state index in [1.54, 1.807) is 13.8 Å². The average molecular weight is 470 g/mol. The van der Waals surface area contributed by atoms with E-state index < -0.39 is 42.3 Å². The van der Waals surface area contributed by atoms with Crippen LogP contribution in [-0.2, 0) is 36.8 Å². The lowest BCUT2D eigenvalue weighted by Gasteiger charge is -2.26. The van der Waals surface area contributed by atoms with Gasteiger partial charge in [-0.2, -0.15) is 0 Å². The Morgan fingerprint density at radius 2 is 1.68 bits per heavy atom. The minimum Gasteiger partial charge on any atom is -0.445 e. The standard InChI is InChI=1S/C26H31NO7/c1-26(2)33-23-19(22(15-28)32-24(23)34-26)14-21(29)20(13-17-9-5-3-6-10-17)27-25(30)31-16-18-11-7-4-8-12-18/h3-12,19-20,22-24,28H,13-16H2,1-2H3,(H,27,30)/t19-,20-,22+,23?,24-/m0/s1. The van der Waals surface area contributed by atoms with E-state index >= 15 is 0 Å². The molecule has 0 aromatic heterocycles. The maximum atomic E-state index is 13.4. The highest BCUT2D eigenvalue weighted by Crippen LogP contribution is 2.42. The SMILES string of the molecule is CC1(C)OC2[C@@H](O[C@H](CO)[C@@H]2CC(=O)[C@H](Cc2ccccc2)NC(=O)OCc2ccccc2)O1. The van der Waals surface area contributed by atoms with Crippen molar-refractivity contribution in [2.45, 2.75) is 63.6 Å². The van der Waals surface area contributed by atoms with Crippen LogP contribution in [0.2, 0.25) is 0 Å². The summed E-state index contributed by atoms with van der Waals surface area (Å²) in [7, 11) is 0. The molecule has 4 rings (SSSR count).